The number of benzene rings is 1. The highest BCUT2D eigenvalue weighted by atomic mass is 79.9. The highest BCUT2D eigenvalue weighted by Crippen LogP contribution is 2.23. The molecule has 2 rings (SSSR count). The molecule has 1 heterocycles. The Labute approximate surface area is 129 Å². The number of hydrogen-bond acceptors (Lipinski definition) is 3. The van der Waals surface area contributed by atoms with Crippen LogP contribution in [0.5, 0.6) is 0 Å². The number of aryl methyl sites for hydroxylation is 3. The van der Waals surface area contributed by atoms with Gasteiger partial charge in [-0.1, -0.05) is 18.2 Å². The van der Waals surface area contributed by atoms with Gasteiger partial charge in [-0.25, -0.2) is 9.97 Å². The van der Waals surface area contributed by atoms with Crippen molar-refractivity contribution >= 4 is 21.7 Å². The molecule has 0 aliphatic carbocycles. The standard InChI is InChI=1S/C16H20BrN3/c1-5-18-16-15(17)12(4)19-14(20-16)9-13-7-6-10(2)11(3)8-13/h6-8H,5,9H2,1-4H3,(H,18,19,20). The van der Waals surface area contributed by atoms with E-state index in [9.17, 15) is 0 Å². The van der Waals surface area contributed by atoms with Crippen LogP contribution >= 0.6 is 15.9 Å². The van der Waals surface area contributed by atoms with Gasteiger partial charge in [0, 0.05) is 13.0 Å². The molecule has 0 aliphatic heterocycles. The maximum Gasteiger partial charge on any atom is 0.144 e. The van der Waals surface area contributed by atoms with Crippen molar-refractivity contribution < 1.29 is 0 Å². The minimum absolute atomic E-state index is 0.758. The first-order valence-corrected chi connectivity index (χ1v) is 7.63. The summed E-state index contributed by atoms with van der Waals surface area (Å²) in [4.78, 5) is 9.17. The molecule has 3 nitrogen and oxygen atoms in total. The Morgan fingerprint density at radius 2 is 1.85 bits per heavy atom. The number of halogens is 1. The molecule has 0 bridgehead atoms. The maximum atomic E-state index is 4.60. The van der Waals surface area contributed by atoms with Gasteiger partial charge < -0.3 is 5.32 Å². The first kappa shape index (κ1) is 15.0. The van der Waals surface area contributed by atoms with E-state index in [1.165, 1.54) is 16.7 Å². The molecule has 1 N–H and O–H groups in total. The van der Waals surface area contributed by atoms with Crippen molar-refractivity contribution in [3.63, 3.8) is 0 Å². The molecule has 0 fully saturated rings. The summed E-state index contributed by atoms with van der Waals surface area (Å²) in [6, 6.07) is 6.51. The zero-order chi connectivity index (χ0) is 14.7. The fourth-order valence-corrected chi connectivity index (χ4v) is 2.39. The fourth-order valence-electron chi connectivity index (χ4n) is 2.08. The molecule has 2 aromatic rings. The number of nitrogens with one attached hydrogen (secondary N) is 1. The van der Waals surface area contributed by atoms with E-state index in [0.29, 0.717) is 0 Å². The molecular weight excluding hydrogens is 314 g/mol. The highest BCUT2D eigenvalue weighted by Gasteiger charge is 2.09. The van der Waals surface area contributed by atoms with Gasteiger partial charge in [0.05, 0.1) is 10.2 Å². The van der Waals surface area contributed by atoms with Gasteiger partial charge in [-0.3, -0.25) is 0 Å². The molecule has 0 saturated carbocycles. The number of nitrogens with zero attached hydrogens (tertiary/aromatic N) is 2. The third-order valence-corrected chi connectivity index (χ3v) is 4.29. The van der Waals surface area contributed by atoms with Crippen LogP contribution < -0.4 is 5.32 Å². The molecular formula is C16H20BrN3. The van der Waals surface area contributed by atoms with Crippen molar-refractivity contribution in [2.45, 2.75) is 34.1 Å². The van der Waals surface area contributed by atoms with Gasteiger partial charge in [0.25, 0.3) is 0 Å². The Bertz CT molecular complexity index is 623. The molecule has 1 aromatic carbocycles. The smallest absolute Gasteiger partial charge is 0.144 e. The van der Waals surface area contributed by atoms with Gasteiger partial charge in [-0.15, -0.1) is 0 Å². The second-order valence-electron chi connectivity index (χ2n) is 5.01. The van der Waals surface area contributed by atoms with Crippen molar-refractivity contribution in [3.8, 4) is 0 Å². The van der Waals surface area contributed by atoms with E-state index in [4.69, 9.17) is 0 Å². The van der Waals surface area contributed by atoms with Crippen molar-refractivity contribution in [1.82, 2.24) is 9.97 Å². The van der Waals surface area contributed by atoms with E-state index >= 15 is 0 Å². The summed E-state index contributed by atoms with van der Waals surface area (Å²) in [6.45, 7) is 9.17. The van der Waals surface area contributed by atoms with Crippen LogP contribution in [0.25, 0.3) is 0 Å². The van der Waals surface area contributed by atoms with Crippen LogP contribution in [0.1, 0.15) is 35.1 Å². The number of hydrogen-bond donors (Lipinski definition) is 1. The van der Waals surface area contributed by atoms with Gasteiger partial charge in [0.15, 0.2) is 0 Å². The van der Waals surface area contributed by atoms with Gasteiger partial charge in [-0.05, 0) is 60.3 Å². The number of anilines is 1. The molecule has 0 spiro atoms. The summed E-state index contributed by atoms with van der Waals surface area (Å²) < 4.78 is 0.947. The summed E-state index contributed by atoms with van der Waals surface area (Å²) >= 11 is 3.53. The summed E-state index contributed by atoms with van der Waals surface area (Å²) in [5.74, 6) is 1.73. The van der Waals surface area contributed by atoms with Gasteiger partial charge >= 0.3 is 0 Å². The quantitative estimate of drug-likeness (QED) is 0.911. The maximum absolute atomic E-state index is 4.60. The van der Waals surface area contributed by atoms with E-state index in [-0.39, 0.29) is 0 Å². The Kier molecular flexibility index (Phi) is 4.76. The summed E-state index contributed by atoms with van der Waals surface area (Å²) in [5.41, 5.74) is 4.84. The predicted octanol–water partition coefficient (Wildman–Crippen LogP) is 4.19. The number of aromatic nitrogens is 2. The van der Waals surface area contributed by atoms with Crippen molar-refractivity contribution in [1.29, 1.82) is 0 Å². The second-order valence-corrected chi connectivity index (χ2v) is 5.81. The molecule has 0 atom stereocenters. The Balaban J connectivity index is 2.31. The first-order chi connectivity index (χ1) is 9.51. The van der Waals surface area contributed by atoms with E-state index in [0.717, 1.165) is 34.8 Å². The Morgan fingerprint density at radius 3 is 2.50 bits per heavy atom. The third kappa shape index (κ3) is 3.37. The van der Waals surface area contributed by atoms with Crippen LogP contribution in [0.2, 0.25) is 0 Å². The largest absolute Gasteiger partial charge is 0.369 e. The van der Waals surface area contributed by atoms with Crippen molar-refractivity contribution in [2.75, 3.05) is 11.9 Å². The van der Waals surface area contributed by atoms with Crippen LogP contribution in [0.15, 0.2) is 22.7 Å². The summed E-state index contributed by atoms with van der Waals surface area (Å²) in [5, 5.41) is 3.27. The lowest BCUT2D eigenvalue weighted by Crippen LogP contribution is -2.07. The van der Waals surface area contributed by atoms with E-state index in [1.54, 1.807) is 0 Å². The normalized spacial score (nSPS) is 10.7. The van der Waals surface area contributed by atoms with Crippen LogP contribution in [0.3, 0.4) is 0 Å². The van der Waals surface area contributed by atoms with E-state index in [1.807, 2.05) is 6.92 Å². The topological polar surface area (TPSA) is 37.8 Å². The van der Waals surface area contributed by atoms with Gasteiger partial charge in [0.2, 0.25) is 0 Å². The molecule has 0 radical (unpaired) electrons. The molecule has 0 saturated heterocycles. The lowest BCUT2D eigenvalue weighted by molar-refractivity contribution is 0.928. The minimum atomic E-state index is 0.758. The molecule has 4 heteroatoms. The van der Waals surface area contributed by atoms with E-state index in [2.05, 4.69) is 70.2 Å². The van der Waals surface area contributed by atoms with E-state index < -0.39 is 0 Å². The average molecular weight is 334 g/mol. The Morgan fingerprint density at radius 1 is 1.10 bits per heavy atom. The second kappa shape index (κ2) is 6.35. The predicted molar refractivity (Wildman–Crippen MR) is 87.4 cm³/mol. The summed E-state index contributed by atoms with van der Waals surface area (Å²) in [7, 11) is 0. The molecule has 0 unspecified atom stereocenters. The molecule has 20 heavy (non-hydrogen) atoms. The zero-order valence-electron chi connectivity index (χ0n) is 12.4. The van der Waals surface area contributed by atoms with Crippen LogP contribution in [-0.2, 0) is 6.42 Å². The molecule has 0 aliphatic rings. The van der Waals surface area contributed by atoms with Gasteiger partial charge in [-0.2, -0.15) is 0 Å². The first-order valence-electron chi connectivity index (χ1n) is 6.84. The fraction of sp³-hybridized carbons (Fsp3) is 0.375. The third-order valence-electron chi connectivity index (χ3n) is 3.34. The van der Waals surface area contributed by atoms with Crippen molar-refractivity contribution in [3.05, 3.63) is 50.9 Å². The SMILES string of the molecule is CCNc1nc(Cc2ccc(C)c(C)c2)nc(C)c1Br. The monoisotopic (exact) mass is 333 g/mol. The Hall–Kier alpha value is -1.42. The molecule has 0 amide bonds. The van der Waals surface area contributed by atoms with Crippen LogP contribution in [-0.4, -0.2) is 16.5 Å². The lowest BCUT2D eigenvalue weighted by atomic mass is 10.0. The lowest BCUT2D eigenvalue weighted by Gasteiger charge is -2.10. The number of rotatable bonds is 4. The van der Waals surface area contributed by atoms with Crippen molar-refractivity contribution in [2.24, 2.45) is 0 Å². The average Bonchev–Trinajstić information content (AvgIpc) is 2.40. The van der Waals surface area contributed by atoms with Gasteiger partial charge in [0.1, 0.15) is 11.6 Å². The van der Waals surface area contributed by atoms with Crippen LogP contribution in [0, 0.1) is 20.8 Å². The zero-order valence-corrected chi connectivity index (χ0v) is 14.0. The molecule has 1 aromatic heterocycles. The molecule has 106 valence electrons. The highest BCUT2D eigenvalue weighted by molar-refractivity contribution is 9.10. The minimum Gasteiger partial charge on any atom is -0.369 e. The summed E-state index contributed by atoms with van der Waals surface area (Å²) in [6.07, 6.45) is 0.758. The van der Waals surface area contributed by atoms with Crippen LogP contribution in [0.4, 0.5) is 5.82 Å².